The SMILES string of the molecule is COc1cc(CNC(=O)c2oc(=O)c3ncccc3c2-c2ccccc2)cc(OC)c1. The van der Waals surface area contributed by atoms with Gasteiger partial charge in [-0.3, -0.25) is 4.79 Å². The predicted molar refractivity (Wildman–Crippen MR) is 116 cm³/mol. The van der Waals surface area contributed by atoms with E-state index in [2.05, 4.69) is 10.3 Å². The molecular formula is C24H20N2O5. The standard InChI is InChI=1S/C24H20N2O5/c1-29-17-11-15(12-18(13-17)30-2)14-26-23(27)22-20(16-7-4-3-5-8-16)19-9-6-10-25-21(19)24(28)31-22/h3-13H,14H2,1-2H3,(H,26,27). The molecule has 4 rings (SSSR count). The number of pyridine rings is 1. The third kappa shape index (κ3) is 4.11. The largest absolute Gasteiger partial charge is 0.497 e. The zero-order chi connectivity index (χ0) is 21.8. The smallest absolute Gasteiger partial charge is 0.363 e. The predicted octanol–water partition coefficient (Wildman–Crippen LogP) is 3.80. The van der Waals surface area contributed by atoms with Crippen molar-refractivity contribution >= 4 is 16.8 Å². The molecule has 2 aromatic carbocycles. The van der Waals surface area contributed by atoms with E-state index < -0.39 is 11.5 Å². The summed E-state index contributed by atoms with van der Waals surface area (Å²) in [7, 11) is 3.11. The Hall–Kier alpha value is -4.13. The summed E-state index contributed by atoms with van der Waals surface area (Å²) in [5.74, 6) is 0.642. The number of nitrogens with zero attached hydrogens (tertiary/aromatic N) is 1. The fourth-order valence-corrected chi connectivity index (χ4v) is 3.37. The van der Waals surface area contributed by atoms with E-state index in [4.69, 9.17) is 13.9 Å². The number of fused-ring (bicyclic) bond motifs is 1. The second-order valence-corrected chi connectivity index (χ2v) is 6.76. The van der Waals surface area contributed by atoms with Gasteiger partial charge in [-0.15, -0.1) is 0 Å². The van der Waals surface area contributed by atoms with Crippen LogP contribution in [0.25, 0.3) is 22.0 Å². The normalized spacial score (nSPS) is 10.6. The molecule has 0 atom stereocenters. The molecule has 0 aliphatic rings. The van der Waals surface area contributed by atoms with Crippen LogP contribution in [0.5, 0.6) is 11.5 Å². The zero-order valence-electron chi connectivity index (χ0n) is 17.0. The molecule has 1 amide bonds. The molecular weight excluding hydrogens is 396 g/mol. The van der Waals surface area contributed by atoms with Crippen LogP contribution in [-0.4, -0.2) is 25.1 Å². The minimum atomic E-state index is -0.663. The maximum Gasteiger partial charge on any atom is 0.363 e. The molecule has 4 aromatic rings. The Labute approximate surface area is 178 Å². The molecule has 0 fully saturated rings. The molecule has 0 saturated heterocycles. The average Bonchev–Trinajstić information content (AvgIpc) is 2.82. The summed E-state index contributed by atoms with van der Waals surface area (Å²) < 4.78 is 16.0. The number of methoxy groups -OCH3 is 2. The van der Waals surface area contributed by atoms with Crippen molar-refractivity contribution in [1.82, 2.24) is 10.3 Å². The van der Waals surface area contributed by atoms with Gasteiger partial charge in [-0.25, -0.2) is 9.78 Å². The molecule has 7 heteroatoms. The molecule has 2 heterocycles. The maximum absolute atomic E-state index is 13.1. The van der Waals surface area contributed by atoms with E-state index in [-0.39, 0.29) is 17.8 Å². The molecule has 7 nitrogen and oxygen atoms in total. The number of hydrogen-bond donors (Lipinski definition) is 1. The lowest BCUT2D eigenvalue weighted by Crippen LogP contribution is -2.25. The highest BCUT2D eigenvalue weighted by molar-refractivity contribution is 6.06. The van der Waals surface area contributed by atoms with Gasteiger partial charge in [0, 0.05) is 29.8 Å². The molecule has 0 unspecified atom stereocenters. The number of carbonyl (C=O) groups is 1. The van der Waals surface area contributed by atoms with E-state index >= 15 is 0 Å². The number of rotatable bonds is 6. The van der Waals surface area contributed by atoms with E-state index in [0.717, 1.165) is 11.1 Å². The van der Waals surface area contributed by atoms with Gasteiger partial charge >= 0.3 is 5.63 Å². The third-order valence-electron chi connectivity index (χ3n) is 4.83. The molecule has 0 saturated carbocycles. The Morgan fingerprint density at radius 2 is 1.71 bits per heavy atom. The summed E-state index contributed by atoms with van der Waals surface area (Å²) in [4.78, 5) is 29.7. The van der Waals surface area contributed by atoms with E-state index in [0.29, 0.717) is 22.4 Å². The summed E-state index contributed by atoms with van der Waals surface area (Å²) >= 11 is 0. The lowest BCUT2D eigenvalue weighted by atomic mass is 10.00. The maximum atomic E-state index is 13.1. The summed E-state index contributed by atoms with van der Waals surface area (Å²) in [5, 5.41) is 3.37. The van der Waals surface area contributed by atoms with Gasteiger partial charge in [0.05, 0.1) is 14.2 Å². The zero-order valence-corrected chi connectivity index (χ0v) is 17.0. The van der Waals surface area contributed by atoms with Crippen LogP contribution in [0.3, 0.4) is 0 Å². The van der Waals surface area contributed by atoms with Crippen molar-refractivity contribution in [2.75, 3.05) is 14.2 Å². The lowest BCUT2D eigenvalue weighted by molar-refractivity contribution is 0.0920. The van der Waals surface area contributed by atoms with Crippen LogP contribution in [0, 0.1) is 0 Å². The Morgan fingerprint density at radius 3 is 2.39 bits per heavy atom. The second-order valence-electron chi connectivity index (χ2n) is 6.76. The number of ether oxygens (including phenoxy) is 2. The Bertz CT molecular complexity index is 1280. The van der Waals surface area contributed by atoms with Crippen molar-refractivity contribution in [1.29, 1.82) is 0 Å². The molecule has 0 radical (unpaired) electrons. The van der Waals surface area contributed by atoms with Gasteiger partial charge in [-0.2, -0.15) is 0 Å². The molecule has 31 heavy (non-hydrogen) atoms. The Kier molecular flexibility index (Phi) is 5.66. The highest BCUT2D eigenvalue weighted by Gasteiger charge is 2.21. The third-order valence-corrected chi connectivity index (χ3v) is 4.83. The first kappa shape index (κ1) is 20.2. The Morgan fingerprint density at radius 1 is 1.00 bits per heavy atom. The fraction of sp³-hybridized carbons (Fsp3) is 0.125. The molecule has 156 valence electrons. The van der Waals surface area contributed by atoms with Gasteiger partial charge in [-0.05, 0) is 29.3 Å². The molecule has 0 aliphatic carbocycles. The quantitative estimate of drug-likeness (QED) is 0.514. The average molecular weight is 416 g/mol. The van der Waals surface area contributed by atoms with Crippen molar-refractivity contribution in [3.8, 4) is 22.6 Å². The van der Waals surface area contributed by atoms with E-state index in [1.165, 1.54) is 6.20 Å². The van der Waals surface area contributed by atoms with Crippen LogP contribution in [0.15, 0.2) is 76.1 Å². The van der Waals surface area contributed by atoms with Gasteiger partial charge in [0.1, 0.15) is 11.5 Å². The minimum absolute atomic E-state index is 0.0634. The van der Waals surface area contributed by atoms with Crippen LogP contribution < -0.4 is 20.4 Å². The first-order chi connectivity index (χ1) is 15.1. The molecule has 1 N–H and O–H groups in total. The second kappa shape index (κ2) is 8.71. The molecule has 0 bridgehead atoms. The highest BCUT2D eigenvalue weighted by atomic mass is 16.5. The monoisotopic (exact) mass is 416 g/mol. The van der Waals surface area contributed by atoms with E-state index in [1.54, 1.807) is 44.6 Å². The highest BCUT2D eigenvalue weighted by Crippen LogP contribution is 2.30. The van der Waals surface area contributed by atoms with E-state index in [9.17, 15) is 9.59 Å². The van der Waals surface area contributed by atoms with Crippen molar-refractivity contribution in [3.05, 3.63) is 88.6 Å². The minimum Gasteiger partial charge on any atom is -0.497 e. The first-order valence-corrected chi connectivity index (χ1v) is 9.58. The number of aromatic nitrogens is 1. The lowest BCUT2D eigenvalue weighted by Gasteiger charge is -2.12. The van der Waals surface area contributed by atoms with Crippen LogP contribution >= 0.6 is 0 Å². The van der Waals surface area contributed by atoms with Crippen molar-refractivity contribution in [2.24, 2.45) is 0 Å². The Balaban J connectivity index is 1.74. The summed E-state index contributed by atoms with van der Waals surface area (Å²) in [6.07, 6.45) is 1.52. The number of hydrogen-bond acceptors (Lipinski definition) is 6. The molecule has 0 spiro atoms. The number of amides is 1. The van der Waals surface area contributed by atoms with Crippen molar-refractivity contribution in [3.63, 3.8) is 0 Å². The van der Waals surface area contributed by atoms with Crippen LogP contribution in [0.2, 0.25) is 0 Å². The van der Waals surface area contributed by atoms with E-state index in [1.807, 2.05) is 30.3 Å². The van der Waals surface area contributed by atoms with Gasteiger partial charge in [0.25, 0.3) is 5.91 Å². The number of benzene rings is 2. The van der Waals surface area contributed by atoms with Crippen molar-refractivity contribution < 1.29 is 18.7 Å². The molecule has 2 aromatic heterocycles. The summed E-state index contributed by atoms with van der Waals surface area (Å²) in [6.45, 7) is 0.190. The topological polar surface area (TPSA) is 90.7 Å². The van der Waals surface area contributed by atoms with Gasteiger partial charge < -0.3 is 19.2 Å². The fourth-order valence-electron chi connectivity index (χ4n) is 3.37. The van der Waals surface area contributed by atoms with Crippen LogP contribution in [0.4, 0.5) is 0 Å². The van der Waals surface area contributed by atoms with Crippen LogP contribution in [0.1, 0.15) is 16.1 Å². The van der Waals surface area contributed by atoms with Gasteiger partial charge in [0.15, 0.2) is 5.52 Å². The number of carbonyl (C=O) groups excluding carboxylic acids is 1. The first-order valence-electron chi connectivity index (χ1n) is 9.58. The van der Waals surface area contributed by atoms with Crippen LogP contribution in [-0.2, 0) is 6.54 Å². The molecule has 0 aliphatic heterocycles. The number of nitrogens with one attached hydrogen (secondary N) is 1. The summed E-state index contributed by atoms with van der Waals surface area (Å²) in [5.41, 5.74) is 1.55. The van der Waals surface area contributed by atoms with Gasteiger partial charge in [0.2, 0.25) is 5.76 Å². The summed E-state index contributed by atoms with van der Waals surface area (Å²) in [6, 6.07) is 18.1. The van der Waals surface area contributed by atoms with Crippen molar-refractivity contribution in [2.45, 2.75) is 6.54 Å². The van der Waals surface area contributed by atoms with Gasteiger partial charge in [-0.1, -0.05) is 36.4 Å².